The summed E-state index contributed by atoms with van der Waals surface area (Å²) in [5.41, 5.74) is 0. The number of likely N-dealkylation sites (tertiary alicyclic amines) is 1. The molecule has 0 aliphatic carbocycles. The van der Waals surface area contributed by atoms with Crippen LogP contribution in [0.15, 0.2) is 24.3 Å². The zero-order valence-corrected chi connectivity index (χ0v) is 11.2. The Morgan fingerprint density at radius 3 is 2.53 bits per heavy atom. The smallest absolute Gasteiger partial charge is 0.263 e. The van der Waals surface area contributed by atoms with Crippen LogP contribution in [0.25, 0.3) is 0 Å². The summed E-state index contributed by atoms with van der Waals surface area (Å²) in [4.78, 5) is 13.5. The number of β-amino-alcohol motifs (C(OH)–C–C–N with tert-alkyl or cyclic N) is 2. The van der Waals surface area contributed by atoms with E-state index in [0.29, 0.717) is 10.8 Å². The second kappa shape index (κ2) is 5.77. The van der Waals surface area contributed by atoms with Gasteiger partial charge in [-0.25, -0.2) is 0 Å². The fourth-order valence-corrected chi connectivity index (χ4v) is 2.17. The third kappa shape index (κ3) is 3.18. The van der Waals surface area contributed by atoms with Crippen molar-refractivity contribution < 1.29 is 19.7 Å². The molecule has 0 bridgehead atoms. The molecule has 2 N–H and O–H groups in total. The predicted octanol–water partition coefficient (Wildman–Crippen LogP) is 0.671. The van der Waals surface area contributed by atoms with Gasteiger partial charge in [0.05, 0.1) is 17.2 Å². The zero-order chi connectivity index (χ0) is 14.0. The first-order chi connectivity index (χ1) is 8.99. The van der Waals surface area contributed by atoms with Crippen LogP contribution in [0, 0.1) is 0 Å². The van der Waals surface area contributed by atoms with Crippen molar-refractivity contribution in [2.75, 3.05) is 13.1 Å². The molecule has 2 rings (SSSR count). The van der Waals surface area contributed by atoms with E-state index in [2.05, 4.69) is 0 Å². The first-order valence-corrected chi connectivity index (χ1v) is 6.43. The maximum absolute atomic E-state index is 12.1. The lowest BCUT2D eigenvalue weighted by Crippen LogP contribution is -2.39. The Balaban J connectivity index is 1.99. The lowest BCUT2D eigenvalue weighted by Gasteiger charge is -2.21. The van der Waals surface area contributed by atoms with Gasteiger partial charge < -0.3 is 19.8 Å². The quantitative estimate of drug-likeness (QED) is 0.856. The van der Waals surface area contributed by atoms with Gasteiger partial charge in [-0.05, 0) is 19.1 Å². The Kier molecular flexibility index (Phi) is 4.29. The van der Waals surface area contributed by atoms with Crippen molar-refractivity contribution in [2.45, 2.75) is 25.2 Å². The van der Waals surface area contributed by atoms with E-state index in [-0.39, 0.29) is 19.0 Å². The Hall–Kier alpha value is -1.30. The highest BCUT2D eigenvalue weighted by molar-refractivity contribution is 6.32. The monoisotopic (exact) mass is 285 g/mol. The highest BCUT2D eigenvalue weighted by atomic mass is 35.5. The number of ether oxygens (including phenoxy) is 1. The molecule has 0 spiro atoms. The summed E-state index contributed by atoms with van der Waals surface area (Å²) in [6, 6.07) is 6.90. The highest BCUT2D eigenvalue weighted by Gasteiger charge is 2.35. The van der Waals surface area contributed by atoms with Crippen LogP contribution in [0.4, 0.5) is 0 Å². The van der Waals surface area contributed by atoms with Crippen molar-refractivity contribution in [2.24, 2.45) is 0 Å². The summed E-state index contributed by atoms with van der Waals surface area (Å²) in [5.74, 6) is 0.154. The lowest BCUT2D eigenvalue weighted by molar-refractivity contribution is -0.137. The molecule has 1 aromatic carbocycles. The van der Waals surface area contributed by atoms with Gasteiger partial charge in [-0.15, -0.1) is 0 Å². The van der Waals surface area contributed by atoms with Crippen molar-refractivity contribution in [3.8, 4) is 5.75 Å². The van der Waals surface area contributed by atoms with Gasteiger partial charge in [-0.1, -0.05) is 23.7 Å². The number of rotatable bonds is 3. The van der Waals surface area contributed by atoms with Crippen LogP contribution in [0.5, 0.6) is 5.75 Å². The second-order valence-electron chi connectivity index (χ2n) is 4.57. The molecule has 1 aliphatic rings. The molecule has 1 aliphatic heterocycles. The fourth-order valence-electron chi connectivity index (χ4n) is 1.99. The molecular formula is C13H16ClNO4. The van der Waals surface area contributed by atoms with Crippen molar-refractivity contribution in [3.63, 3.8) is 0 Å². The molecule has 19 heavy (non-hydrogen) atoms. The van der Waals surface area contributed by atoms with E-state index in [1.807, 2.05) is 0 Å². The number of para-hydroxylation sites is 1. The van der Waals surface area contributed by atoms with Crippen LogP contribution in [0.2, 0.25) is 5.02 Å². The van der Waals surface area contributed by atoms with Crippen molar-refractivity contribution in [3.05, 3.63) is 29.3 Å². The SMILES string of the molecule is CC(Oc1ccccc1Cl)C(=O)N1CC(O)C(O)C1. The molecule has 0 aromatic heterocycles. The number of carbonyl (C=O) groups is 1. The summed E-state index contributed by atoms with van der Waals surface area (Å²) in [6.45, 7) is 1.86. The Morgan fingerprint density at radius 1 is 1.37 bits per heavy atom. The lowest BCUT2D eigenvalue weighted by atomic mass is 10.3. The van der Waals surface area contributed by atoms with Crippen molar-refractivity contribution in [1.82, 2.24) is 4.90 Å². The van der Waals surface area contributed by atoms with Gasteiger partial charge in [0.1, 0.15) is 5.75 Å². The van der Waals surface area contributed by atoms with Gasteiger partial charge in [0, 0.05) is 13.1 Å². The number of aliphatic hydroxyl groups excluding tert-OH is 2. The largest absolute Gasteiger partial charge is 0.479 e. The van der Waals surface area contributed by atoms with E-state index in [1.165, 1.54) is 4.90 Å². The summed E-state index contributed by atoms with van der Waals surface area (Å²) in [6.07, 6.45) is -2.51. The third-order valence-corrected chi connectivity index (χ3v) is 3.37. The van der Waals surface area contributed by atoms with Crippen LogP contribution < -0.4 is 4.74 Å². The Labute approximate surface area is 116 Å². The molecule has 3 unspecified atom stereocenters. The van der Waals surface area contributed by atoms with Crippen molar-refractivity contribution in [1.29, 1.82) is 0 Å². The highest BCUT2D eigenvalue weighted by Crippen LogP contribution is 2.25. The van der Waals surface area contributed by atoms with Gasteiger partial charge in [-0.3, -0.25) is 4.79 Å². The number of hydrogen-bond acceptors (Lipinski definition) is 4. The minimum Gasteiger partial charge on any atom is -0.479 e. The predicted molar refractivity (Wildman–Crippen MR) is 70.1 cm³/mol. The summed E-state index contributed by atoms with van der Waals surface area (Å²) >= 11 is 5.95. The summed E-state index contributed by atoms with van der Waals surface area (Å²) in [5, 5.41) is 19.3. The molecule has 1 fully saturated rings. The van der Waals surface area contributed by atoms with Crippen LogP contribution in [0.3, 0.4) is 0 Å². The number of carbonyl (C=O) groups excluding carboxylic acids is 1. The maximum atomic E-state index is 12.1. The molecule has 1 amide bonds. The number of hydrogen-bond donors (Lipinski definition) is 2. The van der Waals surface area contributed by atoms with Gasteiger partial charge in [0.15, 0.2) is 6.10 Å². The fraction of sp³-hybridized carbons (Fsp3) is 0.462. The van der Waals surface area contributed by atoms with E-state index in [1.54, 1.807) is 31.2 Å². The second-order valence-corrected chi connectivity index (χ2v) is 4.98. The maximum Gasteiger partial charge on any atom is 0.263 e. The minimum atomic E-state index is -0.892. The van der Waals surface area contributed by atoms with Gasteiger partial charge in [0.25, 0.3) is 5.91 Å². The van der Waals surface area contributed by atoms with Crippen molar-refractivity contribution >= 4 is 17.5 Å². The number of amides is 1. The van der Waals surface area contributed by atoms with E-state index in [9.17, 15) is 15.0 Å². The van der Waals surface area contributed by atoms with Crippen LogP contribution in [-0.4, -0.2) is 52.4 Å². The number of nitrogens with zero attached hydrogens (tertiary/aromatic N) is 1. The molecule has 0 radical (unpaired) electrons. The van der Waals surface area contributed by atoms with E-state index < -0.39 is 18.3 Å². The average Bonchev–Trinajstić information content (AvgIpc) is 2.71. The van der Waals surface area contributed by atoms with Crippen LogP contribution >= 0.6 is 11.6 Å². The summed E-state index contributed by atoms with van der Waals surface area (Å²) in [7, 11) is 0. The molecule has 3 atom stereocenters. The number of halogens is 1. The number of aliphatic hydroxyl groups is 2. The minimum absolute atomic E-state index is 0.121. The molecular weight excluding hydrogens is 270 g/mol. The van der Waals surface area contributed by atoms with E-state index in [4.69, 9.17) is 16.3 Å². The third-order valence-electron chi connectivity index (χ3n) is 3.06. The first-order valence-electron chi connectivity index (χ1n) is 6.05. The Morgan fingerprint density at radius 2 is 1.95 bits per heavy atom. The first kappa shape index (κ1) is 14.1. The topological polar surface area (TPSA) is 70.0 Å². The number of benzene rings is 1. The molecule has 104 valence electrons. The molecule has 0 saturated carbocycles. The summed E-state index contributed by atoms with van der Waals surface area (Å²) < 4.78 is 5.50. The van der Waals surface area contributed by atoms with Gasteiger partial charge in [0.2, 0.25) is 0 Å². The molecule has 1 saturated heterocycles. The standard InChI is InChI=1S/C13H16ClNO4/c1-8(19-12-5-3-2-4-9(12)14)13(18)15-6-10(16)11(17)7-15/h2-5,8,10-11,16-17H,6-7H2,1H3. The van der Waals surface area contributed by atoms with Gasteiger partial charge >= 0.3 is 0 Å². The van der Waals surface area contributed by atoms with Gasteiger partial charge in [-0.2, -0.15) is 0 Å². The molecule has 5 nitrogen and oxygen atoms in total. The van der Waals surface area contributed by atoms with Crippen LogP contribution in [-0.2, 0) is 4.79 Å². The van der Waals surface area contributed by atoms with Crippen LogP contribution in [0.1, 0.15) is 6.92 Å². The van der Waals surface area contributed by atoms with E-state index >= 15 is 0 Å². The average molecular weight is 286 g/mol. The molecule has 1 aromatic rings. The zero-order valence-electron chi connectivity index (χ0n) is 10.5. The Bertz CT molecular complexity index is 458. The molecule has 1 heterocycles. The normalized spacial score (nSPS) is 24.3. The molecule has 6 heteroatoms. The van der Waals surface area contributed by atoms with E-state index in [0.717, 1.165) is 0 Å².